The van der Waals surface area contributed by atoms with Crippen molar-refractivity contribution in [3.05, 3.63) is 42.2 Å². The third kappa shape index (κ3) is 3.74. The van der Waals surface area contributed by atoms with E-state index in [-0.39, 0.29) is 0 Å². The molecule has 0 aliphatic heterocycles. The molecule has 20 heavy (non-hydrogen) atoms. The summed E-state index contributed by atoms with van der Waals surface area (Å²) in [4.78, 5) is 2.08. The van der Waals surface area contributed by atoms with Gasteiger partial charge in [0.15, 0.2) is 0 Å². The van der Waals surface area contributed by atoms with Crippen molar-refractivity contribution in [1.29, 1.82) is 0 Å². The summed E-state index contributed by atoms with van der Waals surface area (Å²) in [6.45, 7) is 3.08. The Bertz CT molecular complexity index is 537. The third-order valence-electron chi connectivity index (χ3n) is 3.19. The topological polar surface area (TPSA) is 53.3 Å². The SMILES string of the molecule is Cc1ccc(NCC(O)Cn2cccn2)cc1N(C)C. The molecular formula is C15H22N4O. The van der Waals surface area contributed by atoms with E-state index in [9.17, 15) is 5.11 Å². The highest BCUT2D eigenvalue weighted by atomic mass is 16.3. The first kappa shape index (κ1) is 14.4. The Morgan fingerprint density at radius 2 is 2.20 bits per heavy atom. The number of benzene rings is 1. The summed E-state index contributed by atoms with van der Waals surface area (Å²) in [6.07, 6.45) is 3.09. The van der Waals surface area contributed by atoms with Gasteiger partial charge in [-0.3, -0.25) is 4.68 Å². The molecule has 0 radical (unpaired) electrons. The predicted octanol–water partition coefficient (Wildman–Crippen LogP) is 1.73. The summed E-state index contributed by atoms with van der Waals surface area (Å²) in [5, 5.41) is 17.3. The smallest absolute Gasteiger partial charge is 0.0907 e. The Morgan fingerprint density at radius 3 is 2.85 bits per heavy atom. The van der Waals surface area contributed by atoms with Crippen molar-refractivity contribution in [3.8, 4) is 0 Å². The van der Waals surface area contributed by atoms with Gasteiger partial charge in [-0.25, -0.2) is 0 Å². The molecule has 0 aliphatic rings. The zero-order valence-electron chi connectivity index (χ0n) is 12.2. The molecular weight excluding hydrogens is 252 g/mol. The van der Waals surface area contributed by atoms with Crippen molar-refractivity contribution in [2.75, 3.05) is 30.9 Å². The number of hydrogen-bond acceptors (Lipinski definition) is 4. The highest BCUT2D eigenvalue weighted by molar-refractivity contribution is 5.61. The number of nitrogens with one attached hydrogen (secondary N) is 1. The fourth-order valence-corrected chi connectivity index (χ4v) is 2.13. The van der Waals surface area contributed by atoms with Crippen LogP contribution in [0.25, 0.3) is 0 Å². The van der Waals surface area contributed by atoms with Crippen LogP contribution in [0, 0.1) is 6.92 Å². The lowest BCUT2D eigenvalue weighted by Crippen LogP contribution is -2.25. The van der Waals surface area contributed by atoms with E-state index in [0.29, 0.717) is 13.1 Å². The van der Waals surface area contributed by atoms with E-state index in [2.05, 4.69) is 34.4 Å². The number of rotatable bonds is 6. The predicted molar refractivity (Wildman–Crippen MR) is 82.2 cm³/mol. The van der Waals surface area contributed by atoms with Gasteiger partial charge in [-0.2, -0.15) is 5.10 Å². The highest BCUT2D eigenvalue weighted by Gasteiger charge is 2.07. The van der Waals surface area contributed by atoms with Gasteiger partial charge < -0.3 is 15.3 Å². The minimum absolute atomic E-state index is 0.473. The molecule has 0 amide bonds. The first-order valence-corrected chi connectivity index (χ1v) is 6.73. The molecule has 0 saturated heterocycles. The lowest BCUT2D eigenvalue weighted by Gasteiger charge is -2.18. The number of anilines is 2. The summed E-state index contributed by atoms with van der Waals surface area (Å²) < 4.78 is 1.73. The van der Waals surface area contributed by atoms with Crippen molar-refractivity contribution >= 4 is 11.4 Å². The fourth-order valence-electron chi connectivity index (χ4n) is 2.13. The number of aryl methyl sites for hydroxylation is 1. The summed E-state index contributed by atoms with van der Waals surface area (Å²) in [7, 11) is 4.05. The highest BCUT2D eigenvalue weighted by Crippen LogP contribution is 2.22. The van der Waals surface area contributed by atoms with E-state index < -0.39 is 6.10 Å². The van der Waals surface area contributed by atoms with Crippen molar-refractivity contribution in [2.24, 2.45) is 0 Å². The Morgan fingerprint density at radius 1 is 1.40 bits per heavy atom. The van der Waals surface area contributed by atoms with Crippen molar-refractivity contribution in [3.63, 3.8) is 0 Å². The average molecular weight is 274 g/mol. The normalized spacial score (nSPS) is 12.2. The van der Waals surface area contributed by atoms with Crippen LogP contribution in [-0.4, -0.2) is 41.6 Å². The molecule has 0 bridgehead atoms. The molecule has 0 aliphatic carbocycles. The van der Waals surface area contributed by atoms with Gasteiger partial charge in [0, 0.05) is 44.4 Å². The maximum absolute atomic E-state index is 9.98. The average Bonchev–Trinajstić information content (AvgIpc) is 2.90. The van der Waals surface area contributed by atoms with Crippen molar-refractivity contribution in [1.82, 2.24) is 9.78 Å². The second-order valence-corrected chi connectivity index (χ2v) is 5.16. The van der Waals surface area contributed by atoms with E-state index in [4.69, 9.17) is 0 Å². The molecule has 2 aromatic rings. The van der Waals surface area contributed by atoms with E-state index in [1.54, 1.807) is 10.9 Å². The van der Waals surface area contributed by atoms with Crippen LogP contribution in [0.5, 0.6) is 0 Å². The van der Waals surface area contributed by atoms with Gasteiger partial charge >= 0.3 is 0 Å². The zero-order valence-corrected chi connectivity index (χ0v) is 12.2. The van der Waals surface area contributed by atoms with E-state index in [1.165, 1.54) is 11.3 Å². The Balaban J connectivity index is 1.92. The first-order chi connectivity index (χ1) is 9.56. The lowest BCUT2D eigenvalue weighted by molar-refractivity contribution is 0.161. The van der Waals surface area contributed by atoms with Gasteiger partial charge in [0.05, 0.1) is 12.6 Å². The summed E-state index contributed by atoms with van der Waals surface area (Å²) in [6, 6.07) is 8.06. The first-order valence-electron chi connectivity index (χ1n) is 6.73. The van der Waals surface area contributed by atoms with Crippen LogP contribution in [0.2, 0.25) is 0 Å². The van der Waals surface area contributed by atoms with E-state index in [1.807, 2.05) is 32.4 Å². The van der Waals surface area contributed by atoms with Gasteiger partial charge in [0.1, 0.15) is 0 Å². The minimum Gasteiger partial charge on any atom is -0.389 e. The molecule has 1 heterocycles. The van der Waals surface area contributed by atoms with Gasteiger partial charge in [-0.05, 0) is 30.7 Å². The summed E-state index contributed by atoms with van der Waals surface area (Å²) in [5.74, 6) is 0. The summed E-state index contributed by atoms with van der Waals surface area (Å²) in [5.41, 5.74) is 3.42. The van der Waals surface area contributed by atoms with Crippen LogP contribution in [0.15, 0.2) is 36.7 Å². The Hall–Kier alpha value is -2.01. The van der Waals surface area contributed by atoms with Crippen molar-refractivity contribution in [2.45, 2.75) is 19.6 Å². The Kier molecular flexibility index (Phi) is 4.63. The van der Waals surface area contributed by atoms with Crippen LogP contribution in [0.1, 0.15) is 5.56 Å². The zero-order chi connectivity index (χ0) is 14.5. The van der Waals surface area contributed by atoms with Crippen LogP contribution >= 0.6 is 0 Å². The molecule has 2 rings (SSSR count). The van der Waals surface area contributed by atoms with E-state index >= 15 is 0 Å². The lowest BCUT2D eigenvalue weighted by atomic mass is 10.1. The number of aliphatic hydroxyl groups excluding tert-OH is 1. The molecule has 0 fully saturated rings. The number of aromatic nitrogens is 2. The van der Waals surface area contributed by atoms with Gasteiger partial charge in [0.2, 0.25) is 0 Å². The molecule has 1 unspecified atom stereocenters. The second kappa shape index (κ2) is 6.43. The maximum atomic E-state index is 9.98. The fraction of sp³-hybridized carbons (Fsp3) is 0.400. The number of hydrogen-bond donors (Lipinski definition) is 2. The molecule has 5 heteroatoms. The van der Waals surface area contributed by atoms with Crippen LogP contribution in [-0.2, 0) is 6.54 Å². The van der Waals surface area contributed by atoms with Gasteiger partial charge in [-0.15, -0.1) is 0 Å². The monoisotopic (exact) mass is 274 g/mol. The quantitative estimate of drug-likeness (QED) is 0.842. The molecule has 1 aromatic carbocycles. The molecule has 0 saturated carbocycles. The molecule has 5 nitrogen and oxygen atoms in total. The largest absolute Gasteiger partial charge is 0.389 e. The van der Waals surface area contributed by atoms with Gasteiger partial charge in [0.25, 0.3) is 0 Å². The van der Waals surface area contributed by atoms with Crippen LogP contribution < -0.4 is 10.2 Å². The molecule has 108 valence electrons. The van der Waals surface area contributed by atoms with Gasteiger partial charge in [-0.1, -0.05) is 6.07 Å². The third-order valence-corrected chi connectivity index (χ3v) is 3.19. The summed E-state index contributed by atoms with van der Waals surface area (Å²) >= 11 is 0. The maximum Gasteiger partial charge on any atom is 0.0907 e. The van der Waals surface area contributed by atoms with Crippen LogP contribution in [0.4, 0.5) is 11.4 Å². The van der Waals surface area contributed by atoms with Crippen LogP contribution in [0.3, 0.4) is 0 Å². The minimum atomic E-state index is -0.473. The molecule has 2 N–H and O–H groups in total. The van der Waals surface area contributed by atoms with E-state index in [0.717, 1.165) is 5.69 Å². The number of nitrogens with zero attached hydrogens (tertiary/aromatic N) is 3. The molecule has 1 atom stereocenters. The second-order valence-electron chi connectivity index (χ2n) is 5.16. The molecule has 1 aromatic heterocycles. The molecule has 0 spiro atoms. The standard InChI is InChI=1S/C15H22N4O/c1-12-5-6-13(9-15(12)18(2)3)16-10-14(20)11-19-8-4-7-17-19/h4-9,14,16,20H,10-11H2,1-3H3. The Labute approximate surface area is 119 Å². The van der Waals surface area contributed by atoms with Crippen molar-refractivity contribution < 1.29 is 5.11 Å². The number of aliphatic hydroxyl groups is 1.